The maximum atomic E-state index is 13.8. The molecule has 0 aromatic heterocycles. The average Bonchev–Trinajstić information content (AvgIpc) is 2.91. The molecule has 1 aliphatic heterocycles. The van der Waals surface area contributed by atoms with Crippen LogP contribution in [0, 0.1) is 17.7 Å². The summed E-state index contributed by atoms with van der Waals surface area (Å²) < 4.78 is 14.5. The number of likely N-dealkylation sites (tertiary alicyclic amines) is 1. The van der Waals surface area contributed by atoms with Crippen molar-refractivity contribution in [2.24, 2.45) is 17.6 Å². The predicted octanol–water partition coefficient (Wildman–Crippen LogP) is 2.82. The van der Waals surface area contributed by atoms with Crippen LogP contribution in [0.25, 0.3) is 0 Å². The Hall–Kier alpha value is -0.650. The van der Waals surface area contributed by atoms with Gasteiger partial charge >= 0.3 is 0 Å². The highest BCUT2D eigenvalue weighted by Crippen LogP contribution is 2.37. The number of halogens is 3. The highest BCUT2D eigenvalue weighted by molar-refractivity contribution is 9.10. The number of benzene rings is 1. The summed E-state index contributed by atoms with van der Waals surface area (Å²) >= 11 is 3.19. The lowest BCUT2D eigenvalue weighted by molar-refractivity contribution is 0.0775. The van der Waals surface area contributed by atoms with E-state index in [1.54, 1.807) is 11.0 Å². The first-order valence-corrected chi connectivity index (χ1v) is 7.35. The molecule has 1 aliphatic carbocycles. The van der Waals surface area contributed by atoms with Crippen molar-refractivity contribution < 1.29 is 9.18 Å². The minimum Gasteiger partial charge on any atom is -0.338 e. The summed E-state index contributed by atoms with van der Waals surface area (Å²) in [6, 6.07) is 4.75. The number of hydrogen-bond acceptors (Lipinski definition) is 2. The number of amides is 1. The molecule has 1 aromatic carbocycles. The fourth-order valence-corrected chi connectivity index (χ4v) is 3.64. The Morgan fingerprint density at radius 1 is 1.35 bits per heavy atom. The van der Waals surface area contributed by atoms with Gasteiger partial charge < -0.3 is 10.6 Å². The van der Waals surface area contributed by atoms with Gasteiger partial charge in [-0.1, -0.05) is 15.9 Å². The van der Waals surface area contributed by atoms with Crippen LogP contribution in [-0.2, 0) is 0 Å². The molecule has 0 radical (unpaired) electrons. The van der Waals surface area contributed by atoms with Gasteiger partial charge in [-0.2, -0.15) is 0 Å². The molecule has 3 rings (SSSR count). The molecular weight excluding hydrogens is 347 g/mol. The molecule has 2 fully saturated rings. The van der Waals surface area contributed by atoms with Crippen molar-refractivity contribution in [1.29, 1.82) is 0 Å². The van der Waals surface area contributed by atoms with Crippen LogP contribution in [0.4, 0.5) is 4.39 Å². The highest BCUT2D eigenvalue weighted by Gasteiger charge is 2.42. The lowest BCUT2D eigenvalue weighted by Gasteiger charge is -2.19. The number of nitrogens with zero attached hydrogens (tertiary/aromatic N) is 1. The molecule has 0 spiro atoms. The summed E-state index contributed by atoms with van der Waals surface area (Å²) in [4.78, 5) is 14.1. The van der Waals surface area contributed by atoms with Gasteiger partial charge in [-0.15, -0.1) is 12.4 Å². The van der Waals surface area contributed by atoms with E-state index in [1.165, 1.54) is 12.1 Å². The minimum absolute atomic E-state index is 0. The maximum absolute atomic E-state index is 13.8. The molecule has 1 heterocycles. The molecule has 3 nitrogen and oxygen atoms in total. The van der Waals surface area contributed by atoms with E-state index in [0.29, 0.717) is 29.4 Å². The highest BCUT2D eigenvalue weighted by atomic mass is 79.9. The zero-order chi connectivity index (χ0) is 13.6. The van der Waals surface area contributed by atoms with E-state index in [-0.39, 0.29) is 29.9 Å². The van der Waals surface area contributed by atoms with Crippen molar-refractivity contribution in [3.8, 4) is 0 Å². The second-order valence-corrected chi connectivity index (χ2v) is 6.42. The van der Waals surface area contributed by atoms with Gasteiger partial charge in [0.1, 0.15) is 5.82 Å². The zero-order valence-corrected chi connectivity index (χ0v) is 13.3. The molecule has 3 atom stereocenters. The fourth-order valence-electron chi connectivity index (χ4n) is 3.31. The molecule has 1 saturated carbocycles. The van der Waals surface area contributed by atoms with Gasteiger partial charge in [-0.05, 0) is 42.9 Å². The van der Waals surface area contributed by atoms with Crippen molar-refractivity contribution >= 4 is 34.2 Å². The number of carbonyl (C=O) groups is 1. The molecule has 6 heteroatoms. The lowest BCUT2D eigenvalue weighted by Crippen LogP contribution is -2.33. The van der Waals surface area contributed by atoms with Crippen LogP contribution < -0.4 is 5.73 Å². The fraction of sp³-hybridized carbons (Fsp3) is 0.500. The van der Waals surface area contributed by atoms with E-state index in [0.717, 1.165) is 12.8 Å². The number of hydrogen-bond donors (Lipinski definition) is 1. The van der Waals surface area contributed by atoms with E-state index >= 15 is 0 Å². The maximum Gasteiger partial charge on any atom is 0.256 e. The Bertz CT molecular complexity index is 528. The van der Waals surface area contributed by atoms with Gasteiger partial charge in [0.2, 0.25) is 0 Å². The molecule has 1 saturated heterocycles. The van der Waals surface area contributed by atoms with Crippen molar-refractivity contribution in [1.82, 2.24) is 4.90 Å². The predicted molar refractivity (Wildman–Crippen MR) is 81.4 cm³/mol. The molecular formula is C14H17BrClFN2O. The van der Waals surface area contributed by atoms with Crippen LogP contribution in [0.3, 0.4) is 0 Å². The van der Waals surface area contributed by atoms with Crippen LogP contribution in [-0.4, -0.2) is 29.9 Å². The molecule has 0 bridgehead atoms. The Balaban J connectivity index is 0.00000147. The summed E-state index contributed by atoms with van der Waals surface area (Å²) in [5.41, 5.74) is 6.20. The van der Waals surface area contributed by atoms with Gasteiger partial charge in [-0.25, -0.2) is 4.39 Å². The summed E-state index contributed by atoms with van der Waals surface area (Å²) in [5, 5.41) is 0. The van der Waals surface area contributed by atoms with Gasteiger partial charge in [0.25, 0.3) is 5.91 Å². The third kappa shape index (κ3) is 2.71. The minimum atomic E-state index is -0.472. The smallest absolute Gasteiger partial charge is 0.256 e. The zero-order valence-electron chi connectivity index (χ0n) is 10.9. The monoisotopic (exact) mass is 362 g/mol. The summed E-state index contributed by atoms with van der Waals surface area (Å²) in [6.07, 6.45) is 2.13. The van der Waals surface area contributed by atoms with Crippen molar-refractivity contribution in [3.05, 3.63) is 34.1 Å². The van der Waals surface area contributed by atoms with E-state index in [2.05, 4.69) is 15.9 Å². The second-order valence-electron chi connectivity index (χ2n) is 5.50. The molecule has 20 heavy (non-hydrogen) atoms. The first-order chi connectivity index (χ1) is 9.06. The Labute approximate surface area is 132 Å². The second kappa shape index (κ2) is 6.00. The average molecular weight is 364 g/mol. The summed E-state index contributed by atoms with van der Waals surface area (Å²) in [6.45, 7) is 1.38. The Kier molecular flexibility index (Phi) is 4.72. The SMILES string of the molecule is Cl.NC1CCC2CN(C(=O)c3ccc(Br)cc3F)CC12. The third-order valence-electron chi connectivity index (χ3n) is 4.36. The largest absolute Gasteiger partial charge is 0.338 e. The normalized spacial score (nSPS) is 28.1. The molecule has 3 unspecified atom stereocenters. The molecule has 2 N–H and O–H groups in total. The Morgan fingerprint density at radius 2 is 2.10 bits per heavy atom. The number of nitrogens with two attached hydrogens (primary N) is 1. The lowest BCUT2D eigenvalue weighted by atomic mass is 9.98. The standard InChI is InChI=1S/C14H16BrFN2O.ClH/c15-9-2-3-10(12(16)5-9)14(19)18-6-8-1-4-13(17)11(8)7-18;/h2-3,5,8,11,13H,1,4,6-7,17H2;1H. The van der Waals surface area contributed by atoms with Gasteiger partial charge in [0.15, 0.2) is 0 Å². The van der Waals surface area contributed by atoms with Crippen LogP contribution >= 0.6 is 28.3 Å². The van der Waals surface area contributed by atoms with Gasteiger partial charge in [-0.3, -0.25) is 4.79 Å². The van der Waals surface area contributed by atoms with Gasteiger partial charge in [0, 0.05) is 23.6 Å². The molecule has 1 aromatic rings. The topological polar surface area (TPSA) is 46.3 Å². The van der Waals surface area contributed by atoms with E-state index in [4.69, 9.17) is 5.73 Å². The first kappa shape index (κ1) is 15.7. The first-order valence-electron chi connectivity index (χ1n) is 6.56. The van der Waals surface area contributed by atoms with Crippen LogP contribution in [0.5, 0.6) is 0 Å². The van der Waals surface area contributed by atoms with Crippen LogP contribution in [0.15, 0.2) is 22.7 Å². The Morgan fingerprint density at radius 3 is 2.75 bits per heavy atom. The number of carbonyl (C=O) groups excluding carboxylic acids is 1. The third-order valence-corrected chi connectivity index (χ3v) is 4.85. The molecule has 2 aliphatic rings. The quantitative estimate of drug-likeness (QED) is 0.834. The molecule has 1 amide bonds. The van der Waals surface area contributed by atoms with Crippen LogP contribution in [0.1, 0.15) is 23.2 Å². The van der Waals surface area contributed by atoms with Crippen molar-refractivity contribution in [2.45, 2.75) is 18.9 Å². The van der Waals surface area contributed by atoms with Crippen molar-refractivity contribution in [2.75, 3.05) is 13.1 Å². The van der Waals surface area contributed by atoms with Crippen LogP contribution in [0.2, 0.25) is 0 Å². The molecule has 110 valence electrons. The number of rotatable bonds is 1. The summed E-state index contributed by atoms with van der Waals surface area (Å²) in [5.74, 6) is 0.201. The van der Waals surface area contributed by atoms with Crippen molar-refractivity contribution in [3.63, 3.8) is 0 Å². The van der Waals surface area contributed by atoms with E-state index in [1.807, 2.05) is 0 Å². The van der Waals surface area contributed by atoms with E-state index in [9.17, 15) is 9.18 Å². The van der Waals surface area contributed by atoms with Gasteiger partial charge in [0.05, 0.1) is 5.56 Å². The summed E-state index contributed by atoms with van der Waals surface area (Å²) in [7, 11) is 0. The van der Waals surface area contributed by atoms with E-state index < -0.39 is 5.82 Å². The number of fused-ring (bicyclic) bond motifs is 1.